The second-order valence-corrected chi connectivity index (χ2v) is 3.70. The van der Waals surface area contributed by atoms with Gasteiger partial charge in [0.15, 0.2) is 6.10 Å². The Morgan fingerprint density at radius 3 is 2.00 bits per heavy atom. The smallest absolute Gasteiger partial charge is 0.335 e. The van der Waals surface area contributed by atoms with Crippen molar-refractivity contribution in [2.24, 2.45) is 0 Å². The van der Waals surface area contributed by atoms with Crippen LogP contribution in [0.5, 0.6) is 0 Å². The van der Waals surface area contributed by atoms with Gasteiger partial charge in [-0.15, -0.1) is 0 Å². The molecule has 0 saturated heterocycles. The van der Waals surface area contributed by atoms with Gasteiger partial charge in [0.05, 0.1) is 6.10 Å². The van der Waals surface area contributed by atoms with Crippen molar-refractivity contribution < 1.29 is 30.0 Å². The van der Waals surface area contributed by atoms with E-state index in [4.69, 9.17) is 15.3 Å². The highest BCUT2D eigenvalue weighted by molar-refractivity contribution is 5.72. The van der Waals surface area contributed by atoms with Crippen molar-refractivity contribution >= 4 is 11.9 Å². The lowest BCUT2D eigenvalue weighted by molar-refractivity contribution is -0.153. The molecule has 2 atom stereocenters. The zero-order chi connectivity index (χ0) is 12.6. The van der Waals surface area contributed by atoms with Crippen molar-refractivity contribution in [3.8, 4) is 0 Å². The third-order valence-electron chi connectivity index (χ3n) is 2.26. The fourth-order valence-electron chi connectivity index (χ4n) is 1.31. The first-order valence-electron chi connectivity index (χ1n) is 5.26. The number of carboxylic acid groups (broad SMARTS) is 2. The topological polar surface area (TPSA) is 115 Å². The molecule has 0 bridgehead atoms. The van der Waals surface area contributed by atoms with Crippen LogP contribution in [0.1, 0.15) is 38.5 Å². The summed E-state index contributed by atoms with van der Waals surface area (Å²) in [6.07, 6.45) is -0.0615. The molecule has 16 heavy (non-hydrogen) atoms. The van der Waals surface area contributed by atoms with Gasteiger partial charge in [-0.1, -0.05) is 19.3 Å². The van der Waals surface area contributed by atoms with E-state index < -0.39 is 24.1 Å². The molecule has 6 heteroatoms. The fourth-order valence-corrected chi connectivity index (χ4v) is 1.31. The van der Waals surface area contributed by atoms with E-state index >= 15 is 0 Å². The van der Waals surface area contributed by atoms with E-state index in [2.05, 4.69) is 0 Å². The lowest BCUT2D eigenvalue weighted by Crippen LogP contribution is -2.33. The number of rotatable bonds is 9. The molecule has 0 amide bonds. The van der Waals surface area contributed by atoms with E-state index in [1.54, 1.807) is 0 Å². The van der Waals surface area contributed by atoms with Gasteiger partial charge in [-0.25, -0.2) is 4.79 Å². The summed E-state index contributed by atoms with van der Waals surface area (Å²) in [6.45, 7) is 0. The Labute approximate surface area is 93.5 Å². The van der Waals surface area contributed by atoms with Gasteiger partial charge >= 0.3 is 11.9 Å². The molecule has 0 radical (unpaired) electrons. The average Bonchev–Trinajstić information content (AvgIpc) is 2.21. The molecule has 0 aliphatic rings. The Hall–Kier alpha value is -1.14. The summed E-state index contributed by atoms with van der Waals surface area (Å²) in [7, 11) is 0. The number of aliphatic hydroxyl groups excluding tert-OH is 2. The molecule has 94 valence electrons. The first-order chi connectivity index (χ1) is 7.45. The van der Waals surface area contributed by atoms with Crippen LogP contribution in [0.2, 0.25) is 0 Å². The van der Waals surface area contributed by atoms with Crippen molar-refractivity contribution in [1.29, 1.82) is 0 Å². The lowest BCUT2D eigenvalue weighted by atomic mass is 10.0. The van der Waals surface area contributed by atoms with Crippen LogP contribution in [0.15, 0.2) is 0 Å². The molecule has 0 aliphatic carbocycles. The highest BCUT2D eigenvalue weighted by Gasteiger charge is 2.22. The number of unbranched alkanes of at least 4 members (excludes halogenated alkanes) is 3. The van der Waals surface area contributed by atoms with Crippen molar-refractivity contribution in [2.45, 2.75) is 50.7 Å². The highest BCUT2D eigenvalue weighted by atomic mass is 16.4. The monoisotopic (exact) mass is 234 g/mol. The molecule has 0 fully saturated rings. The first kappa shape index (κ1) is 14.9. The van der Waals surface area contributed by atoms with Crippen LogP contribution in [0.4, 0.5) is 0 Å². The second kappa shape index (κ2) is 8.06. The number of hydrogen-bond acceptors (Lipinski definition) is 4. The summed E-state index contributed by atoms with van der Waals surface area (Å²) >= 11 is 0. The molecular weight excluding hydrogens is 216 g/mol. The Morgan fingerprint density at radius 2 is 1.50 bits per heavy atom. The quantitative estimate of drug-likeness (QED) is 0.424. The summed E-state index contributed by atoms with van der Waals surface area (Å²) in [6, 6.07) is 0. The van der Waals surface area contributed by atoms with E-state index in [-0.39, 0.29) is 12.8 Å². The Balaban J connectivity index is 3.44. The molecule has 0 spiro atoms. The zero-order valence-corrected chi connectivity index (χ0v) is 9.00. The maximum atomic E-state index is 10.3. The van der Waals surface area contributed by atoms with Crippen LogP contribution in [-0.2, 0) is 9.59 Å². The maximum Gasteiger partial charge on any atom is 0.335 e. The third kappa shape index (κ3) is 7.19. The van der Waals surface area contributed by atoms with Gasteiger partial charge < -0.3 is 20.4 Å². The summed E-state index contributed by atoms with van der Waals surface area (Å²) in [5, 5.41) is 34.9. The van der Waals surface area contributed by atoms with Crippen molar-refractivity contribution in [2.75, 3.05) is 0 Å². The molecule has 2 unspecified atom stereocenters. The molecule has 0 aliphatic heterocycles. The van der Waals surface area contributed by atoms with Crippen molar-refractivity contribution in [3.05, 3.63) is 0 Å². The van der Waals surface area contributed by atoms with Gasteiger partial charge in [0.2, 0.25) is 0 Å². The van der Waals surface area contributed by atoms with E-state index in [1.165, 1.54) is 0 Å². The highest BCUT2D eigenvalue weighted by Crippen LogP contribution is 2.09. The average molecular weight is 234 g/mol. The van der Waals surface area contributed by atoms with Crippen LogP contribution >= 0.6 is 0 Å². The minimum Gasteiger partial charge on any atom is -0.481 e. The van der Waals surface area contributed by atoms with Crippen LogP contribution in [0.25, 0.3) is 0 Å². The summed E-state index contributed by atoms with van der Waals surface area (Å²) in [5.74, 6) is -2.26. The van der Waals surface area contributed by atoms with Crippen LogP contribution in [0, 0.1) is 0 Å². The largest absolute Gasteiger partial charge is 0.481 e. The molecule has 0 aromatic rings. The Kier molecular flexibility index (Phi) is 7.49. The predicted octanol–water partition coefficient (Wildman–Crippen LogP) is 0.218. The van der Waals surface area contributed by atoms with Gasteiger partial charge in [0.25, 0.3) is 0 Å². The molecule has 0 aromatic carbocycles. The maximum absolute atomic E-state index is 10.3. The fraction of sp³-hybridized carbons (Fsp3) is 0.800. The van der Waals surface area contributed by atoms with E-state index in [0.717, 1.165) is 12.8 Å². The first-order valence-corrected chi connectivity index (χ1v) is 5.26. The van der Waals surface area contributed by atoms with Gasteiger partial charge in [-0.05, 0) is 12.8 Å². The number of aliphatic carboxylic acids is 2. The van der Waals surface area contributed by atoms with Gasteiger partial charge in [-0.2, -0.15) is 0 Å². The van der Waals surface area contributed by atoms with Gasteiger partial charge in [0, 0.05) is 6.42 Å². The van der Waals surface area contributed by atoms with E-state index in [1.807, 2.05) is 0 Å². The number of hydrogen-bond donors (Lipinski definition) is 4. The van der Waals surface area contributed by atoms with Gasteiger partial charge in [-0.3, -0.25) is 4.79 Å². The Morgan fingerprint density at radius 1 is 0.938 bits per heavy atom. The van der Waals surface area contributed by atoms with E-state index in [0.29, 0.717) is 12.8 Å². The third-order valence-corrected chi connectivity index (χ3v) is 2.26. The zero-order valence-electron chi connectivity index (χ0n) is 9.00. The van der Waals surface area contributed by atoms with Gasteiger partial charge in [0.1, 0.15) is 0 Å². The molecule has 4 N–H and O–H groups in total. The standard InChI is InChI=1S/C10H18O6/c11-7(9(14)10(15)16)5-3-1-2-4-6-8(12)13/h7,9,11,14H,1-6H2,(H,12,13)(H,15,16). The molecule has 0 aromatic heterocycles. The van der Waals surface area contributed by atoms with Crippen LogP contribution in [0.3, 0.4) is 0 Å². The minimum atomic E-state index is -1.74. The van der Waals surface area contributed by atoms with Crippen LogP contribution < -0.4 is 0 Å². The van der Waals surface area contributed by atoms with E-state index in [9.17, 15) is 14.7 Å². The SMILES string of the molecule is O=C(O)CCCCCCC(O)C(O)C(=O)O. The second-order valence-electron chi connectivity index (χ2n) is 3.70. The Bertz CT molecular complexity index is 227. The number of carboxylic acids is 2. The predicted molar refractivity (Wildman–Crippen MR) is 55.0 cm³/mol. The van der Waals surface area contributed by atoms with Crippen molar-refractivity contribution in [3.63, 3.8) is 0 Å². The van der Waals surface area contributed by atoms with Crippen LogP contribution in [-0.4, -0.2) is 44.6 Å². The molecule has 0 rings (SSSR count). The van der Waals surface area contributed by atoms with Crippen molar-refractivity contribution in [1.82, 2.24) is 0 Å². The summed E-state index contributed by atoms with van der Waals surface area (Å²) < 4.78 is 0. The normalized spacial score (nSPS) is 14.4. The minimum absolute atomic E-state index is 0.125. The molecular formula is C10H18O6. The number of carbonyl (C=O) groups is 2. The lowest BCUT2D eigenvalue weighted by Gasteiger charge is -2.13. The number of aliphatic hydroxyl groups is 2. The summed E-state index contributed by atoms with van der Waals surface area (Å²) in [4.78, 5) is 20.4. The molecule has 6 nitrogen and oxygen atoms in total. The summed E-state index contributed by atoms with van der Waals surface area (Å²) in [5.41, 5.74) is 0. The molecule has 0 saturated carbocycles. The molecule has 0 heterocycles.